The second kappa shape index (κ2) is 7.47. The van der Waals surface area contributed by atoms with E-state index in [0.29, 0.717) is 27.1 Å². The summed E-state index contributed by atoms with van der Waals surface area (Å²) in [4.78, 5) is 26.2. The lowest BCUT2D eigenvalue weighted by atomic mass is 10.0. The summed E-state index contributed by atoms with van der Waals surface area (Å²) >= 11 is 3.41. The van der Waals surface area contributed by atoms with Crippen molar-refractivity contribution in [3.63, 3.8) is 0 Å². The van der Waals surface area contributed by atoms with Crippen molar-refractivity contribution in [3.05, 3.63) is 57.1 Å². The monoisotopic (exact) mass is 446 g/mol. The molecule has 2 aromatic carbocycles. The molecule has 2 aromatic rings. The quantitative estimate of drug-likeness (QED) is 0.694. The van der Waals surface area contributed by atoms with Gasteiger partial charge in [-0.1, -0.05) is 17.2 Å². The number of carbonyl (C=O) groups is 2. The summed E-state index contributed by atoms with van der Waals surface area (Å²) in [6.07, 6.45) is 0. The van der Waals surface area contributed by atoms with Crippen LogP contribution in [0, 0.1) is 13.8 Å². The summed E-state index contributed by atoms with van der Waals surface area (Å²) in [5, 5.41) is 1.36. The van der Waals surface area contributed by atoms with Crippen molar-refractivity contribution in [2.45, 2.75) is 40.2 Å². The number of hydrogen-bond acceptors (Lipinski definition) is 4. The van der Waals surface area contributed by atoms with Gasteiger partial charge in [0.15, 0.2) is 11.5 Å². The van der Waals surface area contributed by atoms with Gasteiger partial charge >= 0.3 is 0 Å². The van der Waals surface area contributed by atoms with Crippen molar-refractivity contribution in [2.75, 3.05) is 6.79 Å². The van der Waals surface area contributed by atoms with Gasteiger partial charge in [0.05, 0.1) is 15.6 Å². The first-order chi connectivity index (χ1) is 13.1. The summed E-state index contributed by atoms with van der Waals surface area (Å²) in [6.45, 7) is 9.58. The zero-order valence-corrected chi connectivity index (χ0v) is 18.1. The molecule has 2 amide bonds. The van der Waals surface area contributed by atoms with Crippen LogP contribution in [0.3, 0.4) is 0 Å². The van der Waals surface area contributed by atoms with Crippen molar-refractivity contribution in [3.8, 4) is 11.5 Å². The largest absolute Gasteiger partial charge is 0.454 e. The maximum atomic E-state index is 13.2. The molecule has 0 aromatic heterocycles. The fourth-order valence-corrected chi connectivity index (χ4v) is 3.65. The highest BCUT2D eigenvalue weighted by molar-refractivity contribution is 9.10. The number of halogens is 1. The minimum Gasteiger partial charge on any atom is -0.454 e. The lowest BCUT2D eigenvalue weighted by Crippen LogP contribution is -2.56. The highest BCUT2D eigenvalue weighted by Gasteiger charge is 2.31. The average molecular weight is 447 g/mol. The summed E-state index contributed by atoms with van der Waals surface area (Å²) in [5.74, 6) is 0.361. The Morgan fingerprint density at radius 3 is 2.32 bits per heavy atom. The van der Waals surface area contributed by atoms with Gasteiger partial charge in [0.1, 0.15) is 0 Å². The molecular formula is C21H23BrN2O4. The third-order valence-electron chi connectivity index (χ3n) is 4.28. The number of aryl methyl sites for hydroxylation is 2. The second-order valence-corrected chi connectivity index (χ2v) is 8.58. The van der Waals surface area contributed by atoms with Gasteiger partial charge in [-0.2, -0.15) is 0 Å². The molecule has 0 spiro atoms. The zero-order valence-electron chi connectivity index (χ0n) is 16.6. The summed E-state index contributed by atoms with van der Waals surface area (Å²) in [7, 11) is 0. The van der Waals surface area contributed by atoms with Crippen LogP contribution in [0.1, 0.15) is 52.6 Å². The van der Waals surface area contributed by atoms with Crippen LogP contribution in [-0.4, -0.2) is 29.2 Å². The van der Waals surface area contributed by atoms with Crippen LogP contribution in [0.15, 0.2) is 34.8 Å². The fraction of sp³-hybridized carbons (Fsp3) is 0.333. The average Bonchev–Trinajstić information content (AvgIpc) is 3.07. The maximum absolute atomic E-state index is 13.2. The molecule has 0 atom stereocenters. The Bertz CT molecular complexity index is 930. The van der Waals surface area contributed by atoms with Gasteiger partial charge < -0.3 is 9.47 Å². The van der Waals surface area contributed by atoms with Gasteiger partial charge in [0.25, 0.3) is 11.8 Å². The molecule has 0 unspecified atom stereocenters. The lowest BCUT2D eigenvalue weighted by molar-refractivity contribution is 0.0358. The molecule has 1 aliphatic rings. The highest BCUT2D eigenvalue weighted by atomic mass is 79.9. The Morgan fingerprint density at radius 2 is 1.71 bits per heavy atom. The van der Waals surface area contributed by atoms with Crippen LogP contribution in [0.2, 0.25) is 0 Å². The van der Waals surface area contributed by atoms with E-state index in [1.165, 1.54) is 5.01 Å². The van der Waals surface area contributed by atoms with Gasteiger partial charge in [0, 0.05) is 5.56 Å². The number of hydrazine groups is 1. The van der Waals surface area contributed by atoms with E-state index in [9.17, 15) is 9.59 Å². The maximum Gasteiger partial charge on any atom is 0.272 e. The highest BCUT2D eigenvalue weighted by Crippen LogP contribution is 2.41. The number of amides is 2. The predicted molar refractivity (Wildman–Crippen MR) is 110 cm³/mol. The number of fused-ring (bicyclic) bond motifs is 1. The first kappa shape index (κ1) is 20.2. The number of benzene rings is 2. The normalized spacial score (nSPS) is 12.6. The first-order valence-electron chi connectivity index (χ1n) is 8.90. The molecule has 6 nitrogen and oxygen atoms in total. The molecule has 0 aliphatic carbocycles. The Hall–Kier alpha value is -2.54. The summed E-state index contributed by atoms with van der Waals surface area (Å²) in [6, 6.07) is 8.94. The van der Waals surface area contributed by atoms with Gasteiger partial charge in [0.2, 0.25) is 6.79 Å². The third kappa shape index (κ3) is 3.99. The van der Waals surface area contributed by atoms with E-state index >= 15 is 0 Å². The first-order valence-corrected chi connectivity index (χ1v) is 9.69. The molecule has 0 saturated heterocycles. The molecule has 0 radical (unpaired) electrons. The standard InChI is InChI=1S/C21H23BrN2O4/c1-12-8-13(2)10-14(9-12)20(26)24(21(3,4)5)23-19(25)15-6-7-16-18(17(15)22)28-11-27-16/h6-10H,11H2,1-5H3,(H,23,25). The molecule has 0 bridgehead atoms. The lowest BCUT2D eigenvalue weighted by Gasteiger charge is -2.35. The summed E-state index contributed by atoms with van der Waals surface area (Å²) in [5.41, 5.74) is 4.98. The number of ether oxygens (including phenoxy) is 2. The van der Waals surface area contributed by atoms with Crippen LogP contribution in [-0.2, 0) is 0 Å². The SMILES string of the molecule is Cc1cc(C)cc(C(=O)N(NC(=O)c2ccc3c(c2Br)OCO3)C(C)(C)C)c1. The molecule has 1 heterocycles. The molecule has 28 heavy (non-hydrogen) atoms. The van der Waals surface area contributed by atoms with Crippen molar-refractivity contribution in [2.24, 2.45) is 0 Å². The van der Waals surface area contributed by atoms with Crippen LogP contribution >= 0.6 is 15.9 Å². The number of nitrogens with one attached hydrogen (secondary N) is 1. The van der Waals surface area contributed by atoms with Crippen LogP contribution in [0.4, 0.5) is 0 Å². The Kier molecular flexibility index (Phi) is 5.39. The van der Waals surface area contributed by atoms with Gasteiger partial charge in [-0.15, -0.1) is 0 Å². The van der Waals surface area contributed by atoms with Crippen molar-refractivity contribution >= 4 is 27.7 Å². The van der Waals surface area contributed by atoms with E-state index in [1.807, 2.05) is 52.8 Å². The van der Waals surface area contributed by atoms with Crippen LogP contribution in [0.25, 0.3) is 0 Å². The molecular weight excluding hydrogens is 424 g/mol. The summed E-state index contributed by atoms with van der Waals surface area (Å²) < 4.78 is 11.2. The van der Waals surface area contributed by atoms with E-state index in [1.54, 1.807) is 12.1 Å². The second-order valence-electron chi connectivity index (χ2n) is 7.79. The van der Waals surface area contributed by atoms with Gasteiger partial charge in [-0.3, -0.25) is 15.0 Å². The minimum atomic E-state index is -0.632. The molecule has 7 heteroatoms. The topological polar surface area (TPSA) is 67.9 Å². The number of carbonyl (C=O) groups excluding carboxylic acids is 2. The van der Waals surface area contributed by atoms with Crippen LogP contribution in [0.5, 0.6) is 11.5 Å². The Balaban J connectivity index is 1.91. The smallest absolute Gasteiger partial charge is 0.272 e. The van der Waals surface area contributed by atoms with E-state index in [-0.39, 0.29) is 12.7 Å². The molecule has 0 saturated carbocycles. The Labute approximate surface area is 172 Å². The van der Waals surface area contributed by atoms with E-state index in [2.05, 4.69) is 21.4 Å². The molecule has 1 N–H and O–H groups in total. The molecule has 3 rings (SSSR count). The van der Waals surface area contributed by atoms with Crippen LogP contribution < -0.4 is 14.9 Å². The van der Waals surface area contributed by atoms with Crippen molar-refractivity contribution in [1.82, 2.24) is 10.4 Å². The molecule has 148 valence electrons. The van der Waals surface area contributed by atoms with Crippen molar-refractivity contribution < 1.29 is 19.1 Å². The van der Waals surface area contributed by atoms with E-state index < -0.39 is 11.4 Å². The molecule has 0 fully saturated rings. The number of rotatable bonds is 2. The number of hydrogen-bond donors (Lipinski definition) is 1. The van der Waals surface area contributed by atoms with Gasteiger partial charge in [-0.05, 0) is 74.8 Å². The molecule has 1 aliphatic heterocycles. The van der Waals surface area contributed by atoms with E-state index in [4.69, 9.17) is 9.47 Å². The van der Waals surface area contributed by atoms with E-state index in [0.717, 1.165) is 11.1 Å². The predicted octanol–water partition coefficient (Wildman–Crippen LogP) is 4.38. The number of nitrogens with zero attached hydrogens (tertiary/aromatic N) is 1. The third-order valence-corrected chi connectivity index (χ3v) is 5.07. The minimum absolute atomic E-state index is 0.109. The van der Waals surface area contributed by atoms with Gasteiger partial charge in [-0.25, -0.2) is 5.01 Å². The fourth-order valence-electron chi connectivity index (χ4n) is 3.03. The zero-order chi connectivity index (χ0) is 20.6. The Morgan fingerprint density at radius 1 is 1.07 bits per heavy atom. The van der Waals surface area contributed by atoms with Crippen molar-refractivity contribution in [1.29, 1.82) is 0 Å².